The number of rotatable bonds is 2. The Morgan fingerprint density at radius 1 is 1.04 bits per heavy atom. The molecule has 122 valence electrons. The van der Waals surface area contributed by atoms with Crippen LogP contribution in [0.3, 0.4) is 0 Å². The number of hydrogen-bond donors (Lipinski definition) is 1. The van der Waals surface area contributed by atoms with Gasteiger partial charge in [-0.3, -0.25) is 14.8 Å². The second-order valence-electron chi connectivity index (χ2n) is 5.78. The minimum atomic E-state index is -0.145. The van der Waals surface area contributed by atoms with Gasteiger partial charge in [-0.25, -0.2) is 0 Å². The Kier molecular flexibility index (Phi) is 4.09. The van der Waals surface area contributed by atoms with E-state index in [1.165, 1.54) is 0 Å². The maximum absolute atomic E-state index is 12.9. The van der Waals surface area contributed by atoms with Crippen molar-refractivity contribution in [2.45, 2.75) is 6.92 Å². The number of hydrogen-bond acceptors (Lipinski definition) is 3. The van der Waals surface area contributed by atoms with Gasteiger partial charge in [-0.2, -0.15) is 0 Å². The number of halogens is 1. The van der Waals surface area contributed by atoms with Crippen LogP contribution in [0.2, 0.25) is 0 Å². The Balaban J connectivity index is 1.81. The molecule has 4 rings (SSSR count). The van der Waals surface area contributed by atoms with E-state index >= 15 is 0 Å². The molecule has 0 aliphatic rings. The summed E-state index contributed by atoms with van der Waals surface area (Å²) in [7, 11) is 0. The highest BCUT2D eigenvalue weighted by molar-refractivity contribution is 14.1. The fourth-order valence-electron chi connectivity index (χ4n) is 2.93. The number of para-hydroxylation sites is 2. The number of aromatic nitrogens is 2. The van der Waals surface area contributed by atoms with E-state index in [-0.39, 0.29) is 5.91 Å². The third-order valence-electron chi connectivity index (χ3n) is 4.06. The number of nitrogens with zero attached hydrogens (tertiary/aromatic N) is 2. The zero-order valence-corrected chi connectivity index (χ0v) is 15.6. The summed E-state index contributed by atoms with van der Waals surface area (Å²) in [4.78, 5) is 21.9. The van der Waals surface area contributed by atoms with Crippen molar-refractivity contribution in [1.82, 2.24) is 9.97 Å². The summed E-state index contributed by atoms with van der Waals surface area (Å²) in [5, 5.41) is 4.81. The summed E-state index contributed by atoms with van der Waals surface area (Å²) >= 11 is 2.25. The van der Waals surface area contributed by atoms with Gasteiger partial charge in [-0.15, -0.1) is 0 Å². The van der Waals surface area contributed by atoms with Gasteiger partial charge in [0.05, 0.1) is 22.3 Å². The number of nitrogens with one attached hydrogen (secondary N) is 1. The molecule has 4 aromatic rings. The van der Waals surface area contributed by atoms with E-state index < -0.39 is 0 Å². The number of amides is 1. The molecule has 4 nitrogen and oxygen atoms in total. The second-order valence-corrected chi connectivity index (χ2v) is 6.94. The summed E-state index contributed by atoms with van der Waals surface area (Å²) in [6, 6.07) is 17.3. The standard InChI is InChI=1S/C20H14IN3O/c1-12-11-15(13-5-2-3-8-17(13)23-12)20(25)24-18-9-10-22-19-14(18)6-4-7-16(19)21/h2-11H,1H3,(H,22,24,25). The van der Waals surface area contributed by atoms with Crippen molar-refractivity contribution in [2.75, 3.05) is 5.32 Å². The lowest BCUT2D eigenvalue weighted by molar-refractivity contribution is 0.102. The first-order chi connectivity index (χ1) is 12.1. The van der Waals surface area contributed by atoms with E-state index in [4.69, 9.17) is 0 Å². The summed E-state index contributed by atoms with van der Waals surface area (Å²) in [5.74, 6) is -0.145. The number of anilines is 1. The molecule has 0 radical (unpaired) electrons. The van der Waals surface area contributed by atoms with Crippen LogP contribution in [0.25, 0.3) is 21.8 Å². The maximum Gasteiger partial charge on any atom is 0.256 e. The minimum absolute atomic E-state index is 0.145. The van der Waals surface area contributed by atoms with Gasteiger partial charge in [0.25, 0.3) is 5.91 Å². The van der Waals surface area contributed by atoms with E-state index in [1.807, 2.05) is 61.5 Å². The van der Waals surface area contributed by atoms with Crippen LogP contribution in [0.15, 0.2) is 60.8 Å². The van der Waals surface area contributed by atoms with Gasteiger partial charge < -0.3 is 5.32 Å². The molecular weight excluding hydrogens is 425 g/mol. The summed E-state index contributed by atoms with van der Waals surface area (Å²) in [6.07, 6.45) is 1.72. The molecule has 1 amide bonds. The monoisotopic (exact) mass is 439 g/mol. The molecule has 0 atom stereocenters. The van der Waals surface area contributed by atoms with E-state index in [1.54, 1.807) is 6.20 Å². The SMILES string of the molecule is Cc1cc(C(=O)Nc2ccnc3c(I)cccc23)c2ccccc2n1. The van der Waals surface area contributed by atoms with Crippen LogP contribution in [0.5, 0.6) is 0 Å². The largest absolute Gasteiger partial charge is 0.321 e. The molecule has 0 saturated carbocycles. The number of benzene rings is 2. The Hall–Kier alpha value is -2.54. The number of carbonyl (C=O) groups excluding carboxylic acids is 1. The first-order valence-corrected chi connectivity index (χ1v) is 8.92. The molecule has 5 heteroatoms. The van der Waals surface area contributed by atoms with E-state index in [0.29, 0.717) is 5.56 Å². The van der Waals surface area contributed by atoms with E-state index in [2.05, 4.69) is 37.9 Å². The highest BCUT2D eigenvalue weighted by Gasteiger charge is 2.14. The quantitative estimate of drug-likeness (QED) is 0.450. The van der Waals surface area contributed by atoms with Crippen molar-refractivity contribution < 1.29 is 4.79 Å². The maximum atomic E-state index is 12.9. The predicted octanol–water partition coefficient (Wildman–Crippen LogP) is 4.95. The average Bonchev–Trinajstić information content (AvgIpc) is 2.62. The first kappa shape index (κ1) is 16.0. The molecule has 0 aliphatic heterocycles. The van der Waals surface area contributed by atoms with Gasteiger partial charge >= 0.3 is 0 Å². The van der Waals surface area contributed by atoms with Gasteiger partial charge in [0.1, 0.15) is 0 Å². The molecular formula is C20H14IN3O. The first-order valence-electron chi connectivity index (χ1n) is 7.84. The zero-order valence-electron chi connectivity index (χ0n) is 13.5. The van der Waals surface area contributed by atoms with Crippen molar-refractivity contribution in [3.05, 3.63) is 75.6 Å². The van der Waals surface area contributed by atoms with Crippen molar-refractivity contribution in [2.24, 2.45) is 0 Å². The van der Waals surface area contributed by atoms with Crippen LogP contribution >= 0.6 is 22.6 Å². The number of aryl methyl sites for hydroxylation is 1. The van der Waals surface area contributed by atoms with Crippen LogP contribution in [0.4, 0.5) is 5.69 Å². The Morgan fingerprint density at radius 3 is 2.72 bits per heavy atom. The molecule has 0 spiro atoms. The molecule has 2 aromatic heterocycles. The van der Waals surface area contributed by atoms with Crippen LogP contribution in [-0.4, -0.2) is 15.9 Å². The van der Waals surface area contributed by atoms with Gasteiger partial charge in [-0.05, 0) is 53.8 Å². The van der Waals surface area contributed by atoms with E-state index in [9.17, 15) is 4.79 Å². The third-order valence-corrected chi connectivity index (χ3v) is 4.93. The van der Waals surface area contributed by atoms with Gasteiger partial charge in [0, 0.05) is 26.2 Å². The molecule has 2 aromatic carbocycles. The van der Waals surface area contributed by atoms with Crippen LogP contribution in [0, 0.1) is 10.5 Å². The fraction of sp³-hybridized carbons (Fsp3) is 0.0500. The van der Waals surface area contributed by atoms with E-state index in [0.717, 1.165) is 36.8 Å². The van der Waals surface area contributed by atoms with Crippen LogP contribution in [0.1, 0.15) is 16.1 Å². The van der Waals surface area contributed by atoms with Crippen molar-refractivity contribution in [3.8, 4) is 0 Å². The normalized spacial score (nSPS) is 11.0. The predicted molar refractivity (Wildman–Crippen MR) is 109 cm³/mol. The zero-order chi connectivity index (χ0) is 17.4. The molecule has 25 heavy (non-hydrogen) atoms. The lowest BCUT2D eigenvalue weighted by atomic mass is 10.1. The lowest BCUT2D eigenvalue weighted by Gasteiger charge is -2.11. The van der Waals surface area contributed by atoms with Gasteiger partial charge in [0.2, 0.25) is 0 Å². The van der Waals surface area contributed by atoms with Crippen molar-refractivity contribution >= 4 is 56.0 Å². The average molecular weight is 439 g/mol. The molecule has 0 unspecified atom stereocenters. The Labute approximate surface area is 158 Å². The third kappa shape index (κ3) is 2.95. The molecule has 0 fully saturated rings. The Morgan fingerprint density at radius 2 is 1.84 bits per heavy atom. The Bertz CT molecular complexity index is 1120. The lowest BCUT2D eigenvalue weighted by Crippen LogP contribution is -2.13. The van der Waals surface area contributed by atoms with Gasteiger partial charge in [-0.1, -0.05) is 30.3 Å². The molecule has 2 heterocycles. The second kappa shape index (κ2) is 6.40. The molecule has 0 bridgehead atoms. The summed E-state index contributed by atoms with van der Waals surface area (Å²) in [6.45, 7) is 1.90. The highest BCUT2D eigenvalue weighted by atomic mass is 127. The summed E-state index contributed by atoms with van der Waals surface area (Å²) < 4.78 is 1.05. The summed E-state index contributed by atoms with van der Waals surface area (Å²) in [5.41, 5.74) is 3.90. The smallest absolute Gasteiger partial charge is 0.256 e. The minimum Gasteiger partial charge on any atom is -0.321 e. The molecule has 0 aliphatic carbocycles. The molecule has 1 N–H and O–H groups in total. The fourth-order valence-corrected chi connectivity index (χ4v) is 3.57. The highest BCUT2D eigenvalue weighted by Crippen LogP contribution is 2.26. The number of carbonyl (C=O) groups is 1. The van der Waals surface area contributed by atoms with Crippen LogP contribution < -0.4 is 5.32 Å². The topological polar surface area (TPSA) is 54.9 Å². The number of pyridine rings is 2. The van der Waals surface area contributed by atoms with Crippen molar-refractivity contribution in [3.63, 3.8) is 0 Å². The van der Waals surface area contributed by atoms with Crippen molar-refractivity contribution in [1.29, 1.82) is 0 Å². The van der Waals surface area contributed by atoms with Crippen LogP contribution in [-0.2, 0) is 0 Å². The van der Waals surface area contributed by atoms with Gasteiger partial charge in [0.15, 0.2) is 0 Å². The molecule has 0 saturated heterocycles. The number of fused-ring (bicyclic) bond motifs is 2.